The minimum Gasteiger partial charge on any atom is -0.497 e. The highest BCUT2D eigenvalue weighted by Gasteiger charge is 2.78. The second-order valence-corrected chi connectivity index (χ2v) is 11.6. The number of esters is 1. The smallest absolute Gasteiger partial charge is 0.312 e. The molecule has 3 aromatic carbocycles. The van der Waals surface area contributed by atoms with Crippen molar-refractivity contribution in [2.45, 2.75) is 48.0 Å². The molecule has 3 aliphatic rings. The Morgan fingerprint density at radius 2 is 1.70 bits per heavy atom. The van der Waals surface area contributed by atoms with Crippen molar-refractivity contribution in [1.29, 1.82) is 0 Å². The Labute approximate surface area is 271 Å². The zero-order chi connectivity index (χ0) is 33.5. The summed E-state index contributed by atoms with van der Waals surface area (Å²) in [6, 6.07) is 18.8. The summed E-state index contributed by atoms with van der Waals surface area (Å²) in [6.07, 6.45) is -6.03. The lowest BCUT2D eigenvalue weighted by Crippen LogP contribution is -2.52. The predicted molar refractivity (Wildman–Crippen MR) is 162 cm³/mol. The third-order valence-electron chi connectivity index (χ3n) is 9.25. The van der Waals surface area contributed by atoms with E-state index in [9.17, 15) is 25.2 Å². The van der Waals surface area contributed by atoms with Gasteiger partial charge in [-0.25, -0.2) is 0 Å². The molecule has 1 saturated heterocycles. The molecule has 4 N–H and O–H groups in total. The average molecular weight is 655 g/mol. The van der Waals surface area contributed by atoms with Gasteiger partial charge in [0.25, 0.3) is 6.29 Å². The molecule has 0 amide bonds. The monoisotopic (exact) mass is 654 g/mol. The zero-order valence-electron chi connectivity index (χ0n) is 26.3. The fourth-order valence-corrected chi connectivity index (χ4v) is 7.11. The third kappa shape index (κ3) is 5.10. The van der Waals surface area contributed by atoms with Gasteiger partial charge in [0, 0.05) is 25.2 Å². The van der Waals surface area contributed by atoms with Crippen LogP contribution in [0.25, 0.3) is 0 Å². The minimum atomic E-state index is -2.25. The first-order chi connectivity index (χ1) is 22.7. The SMILES string of the molecule is COC(=O)[C@@H]1[C@@H](O)[C@@]2(O)c3c(OC)cc(O[C@@H]4O[C@@H]([C@H](O)CO)CO[C@@H]4OC)cc3O[C@@]2(c2ccc(OC)cc2)[C@@H]1c1ccccc1. The highest BCUT2D eigenvalue weighted by atomic mass is 16.8. The van der Waals surface area contributed by atoms with Gasteiger partial charge in [-0.1, -0.05) is 42.5 Å². The molecule has 47 heavy (non-hydrogen) atoms. The maximum Gasteiger partial charge on any atom is 0.312 e. The van der Waals surface area contributed by atoms with Crippen molar-refractivity contribution >= 4 is 5.97 Å². The molecule has 13 nitrogen and oxygen atoms in total. The van der Waals surface area contributed by atoms with Gasteiger partial charge in [0.15, 0.2) is 11.2 Å². The standard InChI is InChI=1S/C34H38O13/c1-40-20-12-10-19(11-13-20)34-27(18-8-6-5-7-9-18)26(30(38)42-3)29(37)33(34,39)28-23(41-2)14-21(15-24(28)47-34)45-32-31(43-4)44-17-25(46-32)22(36)16-35/h5-15,22,25-27,29,31-32,35-37,39H,16-17H2,1-4H3/t22-,25-,26+,27-,29-,31+,32-,33+,34+/m1/s1. The molecule has 0 unspecified atom stereocenters. The largest absolute Gasteiger partial charge is 0.497 e. The molecular weight excluding hydrogens is 616 g/mol. The number of fused-ring (bicyclic) bond motifs is 3. The number of hydrogen-bond donors (Lipinski definition) is 4. The van der Waals surface area contributed by atoms with Gasteiger partial charge in [0.05, 0.1) is 46.0 Å². The van der Waals surface area contributed by atoms with Crippen LogP contribution in [-0.2, 0) is 34.9 Å². The lowest BCUT2D eigenvalue weighted by molar-refractivity contribution is -0.324. The van der Waals surface area contributed by atoms with E-state index in [2.05, 4.69) is 0 Å². The molecule has 2 fully saturated rings. The Morgan fingerprint density at radius 1 is 0.979 bits per heavy atom. The van der Waals surface area contributed by atoms with Crippen LogP contribution in [0.2, 0.25) is 0 Å². The minimum absolute atomic E-state index is 0.0474. The molecule has 9 atom stereocenters. The van der Waals surface area contributed by atoms with Crippen LogP contribution >= 0.6 is 0 Å². The summed E-state index contributed by atoms with van der Waals surface area (Å²) in [7, 11) is 5.54. The van der Waals surface area contributed by atoms with Crippen molar-refractivity contribution in [3.63, 3.8) is 0 Å². The number of hydrogen-bond acceptors (Lipinski definition) is 13. The van der Waals surface area contributed by atoms with E-state index < -0.39 is 66.5 Å². The molecule has 6 rings (SSSR count). The van der Waals surface area contributed by atoms with Crippen LogP contribution < -0.4 is 18.9 Å². The number of methoxy groups -OCH3 is 4. The van der Waals surface area contributed by atoms with E-state index in [1.807, 2.05) is 6.07 Å². The molecule has 13 heteroatoms. The van der Waals surface area contributed by atoms with Crippen LogP contribution in [0.4, 0.5) is 0 Å². The number of rotatable bonds is 10. The first kappa shape index (κ1) is 33.0. The molecule has 0 aromatic heterocycles. The Kier molecular flexibility index (Phi) is 9.06. The van der Waals surface area contributed by atoms with Gasteiger partial charge < -0.3 is 58.3 Å². The van der Waals surface area contributed by atoms with E-state index in [0.29, 0.717) is 16.9 Å². The number of aliphatic hydroxyl groups excluding tert-OH is 3. The molecule has 0 radical (unpaired) electrons. The Balaban J connectivity index is 1.52. The molecule has 1 aliphatic carbocycles. The maximum absolute atomic E-state index is 13.5. The fourth-order valence-electron chi connectivity index (χ4n) is 7.11. The summed E-state index contributed by atoms with van der Waals surface area (Å²) in [6.45, 7) is -0.601. The van der Waals surface area contributed by atoms with E-state index in [0.717, 1.165) is 0 Å². The van der Waals surface area contributed by atoms with Crippen LogP contribution in [0, 0.1) is 5.92 Å². The fraction of sp³-hybridized carbons (Fsp3) is 0.441. The van der Waals surface area contributed by atoms with E-state index in [1.165, 1.54) is 40.6 Å². The van der Waals surface area contributed by atoms with Crippen molar-refractivity contribution in [2.24, 2.45) is 5.92 Å². The summed E-state index contributed by atoms with van der Waals surface area (Å²) >= 11 is 0. The van der Waals surface area contributed by atoms with Gasteiger partial charge in [0.2, 0.25) is 6.29 Å². The normalized spacial score (nSPS) is 31.7. The van der Waals surface area contributed by atoms with Gasteiger partial charge in [-0.2, -0.15) is 0 Å². The first-order valence-corrected chi connectivity index (χ1v) is 15.0. The maximum atomic E-state index is 13.5. The second-order valence-electron chi connectivity index (χ2n) is 11.6. The van der Waals surface area contributed by atoms with Crippen LogP contribution in [0.1, 0.15) is 22.6 Å². The topological polar surface area (TPSA) is 172 Å². The van der Waals surface area contributed by atoms with Crippen molar-refractivity contribution in [1.82, 2.24) is 0 Å². The number of carbonyl (C=O) groups is 1. The van der Waals surface area contributed by atoms with Crippen molar-refractivity contribution in [3.05, 3.63) is 83.4 Å². The lowest BCUT2D eigenvalue weighted by atomic mass is 9.70. The molecule has 0 bridgehead atoms. The number of carbonyl (C=O) groups excluding carboxylic acids is 1. The van der Waals surface area contributed by atoms with Gasteiger partial charge in [-0.05, 0) is 23.3 Å². The summed E-state index contributed by atoms with van der Waals surface area (Å²) in [4.78, 5) is 13.5. The van der Waals surface area contributed by atoms with Gasteiger partial charge >= 0.3 is 5.97 Å². The summed E-state index contributed by atoms with van der Waals surface area (Å²) < 4.78 is 46.2. The summed E-state index contributed by atoms with van der Waals surface area (Å²) in [5.74, 6) is -2.05. The Bertz CT molecular complexity index is 1570. The molecule has 252 valence electrons. The van der Waals surface area contributed by atoms with Gasteiger partial charge in [0.1, 0.15) is 41.3 Å². The molecular formula is C34H38O13. The highest BCUT2D eigenvalue weighted by molar-refractivity contribution is 5.78. The highest BCUT2D eigenvalue weighted by Crippen LogP contribution is 2.70. The summed E-state index contributed by atoms with van der Waals surface area (Å²) in [5, 5.41) is 44.7. The first-order valence-electron chi connectivity index (χ1n) is 15.0. The predicted octanol–water partition coefficient (Wildman–Crippen LogP) is 1.57. The van der Waals surface area contributed by atoms with E-state index in [4.69, 9.17) is 37.9 Å². The van der Waals surface area contributed by atoms with Crippen LogP contribution in [0.15, 0.2) is 66.7 Å². The molecule has 0 spiro atoms. The Morgan fingerprint density at radius 3 is 2.32 bits per heavy atom. The third-order valence-corrected chi connectivity index (χ3v) is 9.25. The van der Waals surface area contributed by atoms with Crippen molar-refractivity contribution in [3.8, 4) is 23.0 Å². The average Bonchev–Trinajstić information content (AvgIpc) is 3.49. The quantitative estimate of drug-likeness (QED) is 0.233. The molecule has 2 heterocycles. The van der Waals surface area contributed by atoms with Crippen molar-refractivity contribution in [2.75, 3.05) is 41.7 Å². The van der Waals surface area contributed by atoms with Crippen LogP contribution in [0.3, 0.4) is 0 Å². The molecule has 3 aromatic rings. The van der Waals surface area contributed by atoms with E-state index in [-0.39, 0.29) is 29.4 Å². The summed E-state index contributed by atoms with van der Waals surface area (Å²) in [5.41, 5.74) is -2.88. The van der Waals surface area contributed by atoms with E-state index >= 15 is 0 Å². The number of ether oxygens (including phenoxy) is 8. The lowest BCUT2D eigenvalue weighted by Gasteiger charge is -2.40. The zero-order valence-corrected chi connectivity index (χ0v) is 26.3. The number of benzene rings is 3. The van der Waals surface area contributed by atoms with Crippen LogP contribution in [0.5, 0.6) is 23.0 Å². The molecule has 1 saturated carbocycles. The second kappa shape index (κ2) is 12.9. The molecule has 2 aliphatic heterocycles. The van der Waals surface area contributed by atoms with Gasteiger partial charge in [-0.15, -0.1) is 0 Å². The Hall–Kier alpha value is -3.95. The van der Waals surface area contributed by atoms with Crippen molar-refractivity contribution < 1.29 is 63.1 Å². The number of aliphatic hydroxyl groups is 4. The van der Waals surface area contributed by atoms with E-state index in [1.54, 1.807) is 48.5 Å². The van der Waals surface area contributed by atoms with Gasteiger partial charge in [-0.3, -0.25) is 4.79 Å². The van der Waals surface area contributed by atoms with Crippen LogP contribution in [-0.4, -0.2) is 98.9 Å².